The van der Waals surface area contributed by atoms with Crippen molar-refractivity contribution < 1.29 is 19.0 Å². The van der Waals surface area contributed by atoms with Gasteiger partial charge in [-0.2, -0.15) is 0 Å². The predicted molar refractivity (Wildman–Crippen MR) is 74.0 cm³/mol. The third-order valence-electron chi connectivity index (χ3n) is 2.51. The quantitative estimate of drug-likeness (QED) is 0.534. The number of carbonyl (C=O) groups is 1. The molecule has 1 aromatic carbocycles. The zero-order valence-corrected chi connectivity index (χ0v) is 11.9. The van der Waals surface area contributed by atoms with Gasteiger partial charge in [0.2, 0.25) is 0 Å². The Bertz CT molecular complexity index is 401. The summed E-state index contributed by atoms with van der Waals surface area (Å²) in [5, 5.41) is 0. The molecule has 0 unspecified atom stereocenters. The van der Waals surface area contributed by atoms with E-state index in [-0.39, 0.29) is 5.97 Å². The van der Waals surface area contributed by atoms with Crippen LogP contribution in [0.3, 0.4) is 0 Å². The third kappa shape index (κ3) is 4.81. The van der Waals surface area contributed by atoms with Gasteiger partial charge in [0.25, 0.3) is 0 Å². The highest BCUT2D eigenvalue weighted by molar-refractivity contribution is 5.90. The van der Waals surface area contributed by atoms with Crippen molar-refractivity contribution in [2.75, 3.05) is 19.8 Å². The van der Waals surface area contributed by atoms with Crippen LogP contribution < -0.4 is 9.47 Å². The van der Waals surface area contributed by atoms with Crippen LogP contribution in [-0.4, -0.2) is 25.8 Å². The lowest BCUT2D eigenvalue weighted by Crippen LogP contribution is -2.06. The Hall–Kier alpha value is -1.71. The van der Waals surface area contributed by atoms with E-state index in [1.807, 2.05) is 6.92 Å². The molecule has 0 heterocycles. The van der Waals surface area contributed by atoms with Crippen LogP contribution >= 0.6 is 0 Å². The van der Waals surface area contributed by atoms with E-state index in [0.29, 0.717) is 36.9 Å². The number of unbranched alkanes of at least 4 members (excludes halogenated alkanes) is 1. The molecule has 0 bridgehead atoms. The molecule has 4 heteroatoms. The van der Waals surface area contributed by atoms with Gasteiger partial charge < -0.3 is 14.2 Å². The molecule has 0 fully saturated rings. The molecule has 0 amide bonds. The molecule has 0 aromatic heterocycles. The maximum Gasteiger partial charge on any atom is 0.338 e. The second-order valence-corrected chi connectivity index (χ2v) is 4.02. The zero-order valence-electron chi connectivity index (χ0n) is 11.9. The summed E-state index contributed by atoms with van der Waals surface area (Å²) in [5.74, 6) is 0.913. The minimum absolute atomic E-state index is 0.344. The minimum Gasteiger partial charge on any atom is -0.490 e. The van der Waals surface area contributed by atoms with Crippen LogP contribution in [0.2, 0.25) is 0 Å². The molecular formula is C15H22O4. The van der Waals surface area contributed by atoms with Crippen LogP contribution in [0.4, 0.5) is 0 Å². The summed E-state index contributed by atoms with van der Waals surface area (Å²) in [5.41, 5.74) is 0.480. The van der Waals surface area contributed by atoms with Gasteiger partial charge in [-0.05, 0) is 38.5 Å². The molecule has 0 aliphatic carbocycles. The number of ether oxygens (including phenoxy) is 3. The Morgan fingerprint density at radius 2 is 1.84 bits per heavy atom. The van der Waals surface area contributed by atoms with Crippen molar-refractivity contribution in [2.24, 2.45) is 0 Å². The molecule has 0 N–H and O–H groups in total. The summed E-state index contributed by atoms with van der Waals surface area (Å²) >= 11 is 0. The highest BCUT2D eigenvalue weighted by atomic mass is 16.5. The van der Waals surface area contributed by atoms with Gasteiger partial charge in [0.05, 0.1) is 25.4 Å². The van der Waals surface area contributed by atoms with Crippen molar-refractivity contribution in [1.29, 1.82) is 0 Å². The number of carbonyl (C=O) groups excluding carboxylic acids is 1. The normalized spacial score (nSPS) is 10.1. The SMILES string of the molecule is CCCCOc1ccc(C(=O)OCC)cc1OCC. The van der Waals surface area contributed by atoms with Crippen molar-refractivity contribution in [3.63, 3.8) is 0 Å². The summed E-state index contributed by atoms with van der Waals surface area (Å²) in [7, 11) is 0. The van der Waals surface area contributed by atoms with Crippen LogP contribution in [0.1, 0.15) is 44.0 Å². The van der Waals surface area contributed by atoms with Crippen molar-refractivity contribution in [3.05, 3.63) is 23.8 Å². The fourth-order valence-electron chi connectivity index (χ4n) is 1.56. The van der Waals surface area contributed by atoms with E-state index < -0.39 is 0 Å². The summed E-state index contributed by atoms with van der Waals surface area (Å²) in [6.07, 6.45) is 2.07. The predicted octanol–water partition coefficient (Wildman–Crippen LogP) is 3.44. The summed E-state index contributed by atoms with van der Waals surface area (Å²) < 4.78 is 16.1. The molecule has 0 saturated carbocycles. The Labute approximate surface area is 114 Å². The first-order valence-corrected chi connectivity index (χ1v) is 6.79. The maximum atomic E-state index is 11.7. The number of benzene rings is 1. The molecule has 0 spiro atoms. The van der Waals surface area contributed by atoms with Crippen molar-refractivity contribution in [2.45, 2.75) is 33.6 Å². The van der Waals surface area contributed by atoms with Gasteiger partial charge in [-0.1, -0.05) is 13.3 Å². The topological polar surface area (TPSA) is 44.8 Å². The second-order valence-electron chi connectivity index (χ2n) is 4.02. The molecule has 0 aliphatic rings. The van der Waals surface area contributed by atoms with Crippen molar-refractivity contribution in [3.8, 4) is 11.5 Å². The Kier molecular flexibility index (Phi) is 6.79. The van der Waals surface area contributed by atoms with E-state index in [0.717, 1.165) is 12.8 Å². The number of hydrogen-bond acceptors (Lipinski definition) is 4. The first-order valence-electron chi connectivity index (χ1n) is 6.79. The van der Waals surface area contributed by atoms with E-state index >= 15 is 0 Å². The minimum atomic E-state index is -0.344. The molecule has 106 valence electrons. The monoisotopic (exact) mass is 266 g/mol. The Balaban J connectivity index is 2.84. The number of esters is 1. The van der Waals surface area contributed by atoms with Gasteiger partial charge in [-0.25, -0.2) is 4.79 Å². The zero-order chi connectivity index (χ0) is 14.1. The molecule has 0 radical (unpaired) electrons. The number of rotatable bonds is 8. The largest absolute Gasteiger partial charge is 0.490 e. The van der Waals surface area contributed by atoms with Crippen LogP contribution in [0.15, 0.2) is 18.2 Å². The van der Waals surface area contributed by atoms with Crippen molar-refractivity contribution in [1.82, 2.24) is 0 Å². The molecule has 1 rings (SSSR count). The van der Waals surface area contributed by atoms with Gasteiger partial charge in [-0.15, -0.1) is 0 Å². The maximum absolute atomic E-state index is 11.7. The van der Waals surface area contributed by atoms with E-state index in [1.54, 1.807) is 25.1 Å². The lowest BCUT2D eigenvalue weighted by atomic mass is 10.2. The summed E-state index contributed by atoms with van der Waals surface area (Å²) in [4.78, 5) is 11.7. The van der Waals surface area contributed by atoms with Crippen LogP contribution in [-0.2, 0) is 4.74 Å². The van der Waals surface area contributed by atoms with Gasteiger partial charge >= 0.3 is 5.97 Å². The van der Waals surface area contributed by atoms with E-state index in [4.69, 9.17) is 14.2 Å². The Morgan fingerprint density at radius 3 is 2.47 bits per heavy atom. The molecule has 0 saturated heterocycles. The average Bonchev–Trinajstić information content (AvgIpc) is 2.41. The van der Waals surface area contributed by atoms with Crippen molar-refractivity contribution >= 4 is 5.97 Å². The van der Waals surface area contributed by atoms with Crippen LogP contribution in [0, 0.1) is 0 Å². The van der Waals surface area contributed by atoms with Crippen LogP contribution in [0.25, 0.3) is 0 Å². The van der Waals surface area contributed by atoms with Gasteiger partial charge in [0.15, 0.2) is 11.5 Å². The average molecular weight is 266 g/mol. The van der Waals surface area contributed by atoms with E-state index in [1.165, 1.54) is 0 Å². The molecular weight excluding hydrogens is 244 g/mol. The molecule has 19 heavy (non-hydrogen) atoms. The molecule has 1 aromatic rings. The summed E-state index contributed by atoms with van der Waals surface area (Å²) in [6, 6.07) is 5.12. The third-order valence-corrected chi connectivity index (χ3v) is 2.51. The highest BCUT2D eigenvalue weighted by Crippen LogP contribution is 2.29. The fraction of sp³-hybridized carbons (Fsp3) is 0.533. The summed E-state index contributed by atoms with van der Waals surface area (Å²) in [6.45, 7) is 7.32. The fourth-order valence-corrected chi connectivity index (χ4v) is 1.56. The lowest BCUT2D eigenvalue weighted by Gasteiger charge is -2.12. The molecule has 0 atom stereocenters. The number of hydrogen-bond donors (Lipinski definition) is 0. The van der Waals surface area contributed by atoms with Gasteiger partial charge in [-0.3, -0.25) is 0 Å². The smallest absolute Gasteiger partial charge is 0.338 e. The lowest BCUT2D eigenvalue weighted by molar-refractivity contribution is 0.0526. The highest BCUT2D eigenvalue weighted by Gasteiger charge is 2.12. The molecule has 4 nitrogen and oxygen atoms in total. The standard InChI is InChI=1S/C15H22O4/c1-4-7-10-19-13-9-8-12(15(16)18-6-3)11-14(13)17-5-2/h8-9,11H,4-7,10H2,1-3H3. The first-order chi connectivity index (χ1) is 9.22. The molecule has 0 aliphatic heterocycles. The Morgan fingerprint density at radius 1 is 1.05 bits per heavy atom. The van der Waals surface area contributed by atoms with E-state index in [9.17, 15) is 4.79 Å². The first kappa shape index (κ1) is 15.3. The van der Waals surface area contributed by atoms with E-state index in [2.05, 4.69) is 6.92 Å². The van der Waals surface area contributed by atoms with Gasteiger partial charge in [0.1, 0.15) is 0 Å². The second kappa shape index (κ2) is 8.40. The van der Waals surface area contributed by atoms with Gasteiger partial charge in [0, 0.05) is 0 Å². The van der Waals surface area contributed by atoms with Crippen LogP contribution in [0.5, 0.6) is 11.5 Å².